The average Bonchev–Trinajstić information content (AvgIpc) is 0.767. The van der Waals surface area contributed by atoms with Crippen LogP contribution in [0.25, 0.3) is 0 Å². The van der Waals surface area contributed by atoms with Gasteiger partial charge in [-0.3, -0.25) is 38.9 Å². The Morgan fingerprint density at radius 1 is 0.431 bits per heavy atom. The molecule has 1 amide bonds. The van der Waals surface area contributed by atoms with E-state index >= 15 is 0 Å². The van der Waals surface area contributed by atoms with E-state index in [9.17, 15) is 94.1 Å². The van der Waals surface area contributed by atoms with Crippen LogP contribution in [0, 0.1) is 56.7 Å². The van der Waals surface area contributed by atoms with Gasteiger partial charge in [-0.1, -0.05) is 118 Å². The summed E-state index contributed by atoms with van der Waals surface area (Å²) < 4.78 is 115. The number of aliphatic hydroxyl groups excluding tert-OH is 3. The summed E-state index contributed by atoms with van der Waals surface area (Å²) in [5.74, 6) is -5.61. The van der Waals surface area contributed by atoms with Gasteiger partial charge in [0.2, 0.25) is 5.78 Å². The number of aliphatic hydroxyl groups is 3. The van der Waals surface area contributed by atoms with Gasteiger partial charge in [0, 0.05) is 111 Å². The predicted molar refractivity (Wildman–Crippen MR) is 491 cm³/mol. The monoisotopic (exact) mass is 2030 g/mol. The number of carbonyl (C=O) groups excluding carboxylic acids is 7. The first-order valence-corrected chi connectivity index (χ1v) is 46.2. The molecule has 7 aliphatic carbocycles. The number of hydrogen-bond donors (Lipinski definition) is 6. The summed E-state index contributed by atoms with van der Waals surface area (Å²) in [7, 11) is 0. The fourth-order valence-corrected chi connectivity index (χ4v) is 18.8. The van der Waals surface area contributed by atoms with E-state index in [-0.39, 0.29) is 105 Å². The van der Waals surface area contributed by atoms with Gasteiger partial charge in [-0.2, -0.15) is 0 Å². The van der Waals surface area contributed by atoms with Gasteiger partial charge < -0.3 is 36.8 Å². The third-order valence-corrected chi connectivity index (χ3v) is 26.3. The molecule has 0 radical (unpaired) electrons. The Labute approximate surface area is 797 Å². The van der Waals surface area contributed by atoms with Crippen molar-refractivity contribution in [3.63, 3.8) is 0 Å². The van der Waals surface area contributed by atoms with Gasteiger partial charge in [0.25, 0.3) is 0 Å². The Bertz CT molecular complexity index is 5330. The molecule has 7 saturated carbocycles. The average molecular weight is 2030 g/mol. The Balaban J connectivity index is 0.000000185. The van der Waals surface area contributed by atoms with Gasteiger partial charge in [0.15, 0.2) is 23.1 Å². The number of alkyl carbamates (subject to hydrolysis) is 1. The summed E-state index contributed by atoms with van der Waals surface area (Å²) in [4.78, 5) is 94.9. The number of amides is 1. The van der Waals surface area contributed by atoms with Gasteiger partial charge in [0.05, 0.1) is 21.6 Å². The van der Waals surface area contributed by atoms with Crippen molar-refractivity contribution < 1.29 is 93.7 Å². The molecule has 7 aliphatic rings. The maximum Gasteiger partial charge on any atom is 0.408 e. The first-order valence-electron chi connectivity index (χ1n) is 42.4. The van der Waals surface area contributed by atoms with Crippen molar-refractivity contribution in [1.82, 2.24) is 5.32 Å². The van der Waals surface area contributed by atoms with E-state index in [2.05, 4.69) is 21.2 Å². The second kappa shape index (κ2) is 48.1. The summed E-state index contributed by atoms with van der Waals surface area (Å²) in [6.45, 7) is 6.85. The van der Waals surface area contributed by atoms with Crippen LogP contribution in [0.1, 0.15) is 245 Å². The van der Waals surface area contributed by atoms with Crippen LogP contribution in [0.3, 0.4) is 0 Å². The van der Waals surface area contributed by atoms with Crippen LogP contribution < -0.4 is 16.8 Å². The first kappa shape index (κ1) is 108. The van der Waals surface area contributed by atoms with Crippen molar-refractivity contribution in [2.24, 2.45) is 11.5 Å². The zero-order valence-electron chi connectivity index (χ0n) is 71.6. The molecule has 0 saturated heterocycles. The summed E-state index contributed by atoms with van der Waals surface area (Å²) in [6, 6.07) is 33.1. The maximum absolute atomic E-state index is 14.4. The molecule has 702 valence electrons. The lowest BCUT2D eigenvalue weighted by Crippen LogP contribution is -2.54. The molecule has 7 fully saturated rings. The zero-order chi connectivity index (χ0) is 96.1. The largest absolute Gasteiger partial charge is 0.444 e. The van der Waals surface area contributed by atoms with Gasteiger partial charge in [-0.05, 0) is 309 Å². The normalized spacial score (nSPS) is 24.3. The van der Waals surface area contributed by atoms with E-state index in [1.165, 1.54) is 127 Å². The molecular weight excluding hydrogens is 1930 g/mol. The van der Waals surface area contributed by atoms with Crippen molar-refractivity contribution >= 4 is 150 Å². The fourth-order valence-electron chi connectivity index (χ4n) is 16.9. The van der Waals surface area contributed by atoms with Crippen molar-refractivity contribution in [2.45, 2.75) is 258 Å². The van der Waals surface area contributed by atoms with Crippen LogP contribution in [0.5, 0.6) is 0 Å². The second-order valence-electron chi connectivity index (χ2n) is 34.1. The molecule has 15 rings (SSSR count). The number of ether oxygens (including phenoxy) is 1. The molecule has 0 bridgehead atoms. The Morgan fingerprint density at radius 2 is 0.815 bits per heavy atom. The molecule has 8 N–H and O–H groups in total. The summed E-state index contributed by atoms with van der Waals surface area (Å²) >= 11 is 49.3. The molecule has 34 heteroatoms. The minimum absolute atomic E-state index is 0.0239. The Kier molecular flexibility index (Phi) is 39.9. The molecule has 10 unspecified atom stereocenters. The number of ketones is 6. The third-order valence-electron chi connectivity index (χ3n) is 23.8. The fraction of sp³-hybridized carbons (Fsp3) is 0.427. The quantitative estimate of drug-likeness (QED) is 0.0339. The Hall–Kier alpha value is -7.51. The molecule has 0 heterocycles. The number of benzene rings is 8. The second-order valence-corrected chi connectivity index (χ2v) is 38.4. The van der Waals surface area contributed by atoms with Crippen LogP contribution in [0.2, 0.25) is 40.2 Å². The number of halogens is 17. The van der Waals surface area contributed by atoms with Gasteiger partial charge >= 0.3 is 11.6 Å². The van der Waals surface area contributed by atoms with Crippen LogP contribution in [0.15, 0.2) is 150 Å². The smallest absolute Gasteiger partial charge is 0.408 e. The van der Waals surface area contributed by atoms with E-state index in [4.69, 9.17) is 109 Å². The minimum Gasteiger partial charge on any atom is -0.444 e. The highest BCUT2D eigenvalue weighted by atomic mass is 79.9. The number of nitrogens with two attached hydrogens (primary N) is 2. The number of hydrogen-bond acceptors (Lipinski definition) is 15. The molecular formula is C96H101BrCl8F8N4O13. The van der Waals surface area contributed by atoms with E-state index in [0.717, 1.165) is 70.3 Å². The molecule has 17 nitrogen and oxygen atoms in total. The lowest BCUT2D eigenvalue weighted by Gasteiger charge is -2.37. The highest BCUT2D eigenvalue weighted by Gasteiger charge is 2.55. The van der Waals surface area contributed by atoms with Crippen molar-refractivity contribution in [1.29, 1.82) is 0 Å². The van der Waals surface area contributed by atoms with E-state index in [1.807, 2.05) is 0 Å². The van der Waals surface area contributed by atoms with Crippen molar-refractivity contribution in [3.8, 4) is 0 Å². The van der Waals surface area contributed by atoms with E-state index in [0.29, 0.717) is 134 Å². The molecule has 0 aromatic heterocycles. The van der Waals surface area contributed by atoms with Gasteiger partial charge in [-0.15, -0.1) is 0 Å². The molecule has 8 aromatic rings. The van der Waals surface area contributed by atoms with Gasteiger partial charge in [0.1, 0.15) is 86.7 Å². The van der Waals surface area contributed by atoms with Gasteiger partial charge in [-0.25, -0.2) is 39.9 Å². The number of nitrogens with one attached hydrogen (secondary N) is 1. The molecule has 8 aromatic carbocycles. The van der Waals surface area contributed by atoms with Crippen LogP contribution in [0.4, 0.5) is 39.9 Å². The molecule has 0 aliphatic heterocycles. The number of carbonyl (C=O) groups is 7. The molecule has 10 atom stereocenters. The standard InChI is InChI=1S/C17H21ClFNO3.C13H14ClFO2.C12H11ClFNO3.C12H13ClFNO2.C12H13ClFNO.C12H14ClFO.C12H12ClFO.C6H3BrClF/c1-16(2,3)23-15(22)20-17(9-5-4-6-14(17)21)12-10-11(18)7-8-13(12)19;1-13(6-2-3-11(16)12(13)17)9-7-8(14)4-5-10(9)15;13-8-4-5-10(14)9(7-8)12(15(17)18)6-2-1-3-11(12)16;13-7-3-4-9(14)8(6-7)12(15)5-1-2-10(16)11(12)17;13-8-4-5-10(14)9(7-8)12(15)6-2-1-3-11(12)16;2*13-8-5-6-11(14)10(7-8)9-3-1-2-4-12(9)15;7-5-3-4(8)1-2-6(5)9/h7-8,10H,4-6,9H2,1-3H3,(H,20,22);4-5,7,11,16H,2-3,6H2,1H3;4-5,7H,1-3,6H2;3-4,6,10,16H,1-2,5,15H2;4-5,7H,1-3,6,15H2;5-7,9,12,15H,1-4H2;5-7,9H,1-4H2;1-3H. The molecule has 130 heavy (non-hydrogen) atoms. The number of rotatable bonds is 9. The lowest BCUT2D eigenvalue weighted by atomic mass is 9.69. The highest BCUT2D eigenvalue weighted by Crippen LogP contribution is 2.45. The SMILES string of the molecule is CC(C)(C)OC(=O)NC1(c2cc(Cl)ccc2F)CCCCC1=O.CC1(c2cc(Cl)ccc2F)CCCC(O)C1=O.Fc1ccc(Cl)cc1Br.NC1(c2cc(Cl)ccc2F)CCCC(O)C1=O.NC1(c2cc(Cl)ccc2F)CCCCC1=O.O=C1CCCCC1(c1cc(Cl)ccc1F)[N+](=O)[O-].O=C1CCCCC1c1cc(Cl)ccc1F.OC1CCCCC1c1cc(Cl)ccc1F. The molecule has 0 spiro atoms. The first-order chi connectivity index (χ1) is 61.1. The number of nitro groups is 1. The van der Waals surface area contributed by atoms with Crippen molar-refractivity contribution in [2.75, 3.05) is 0 Å². The topological polar surface area (TPSA) is 297 Å². The summed E-state index contributed by atoms with van der Waals surface area (Å²) in [5, 5.41) is 46.1. The summed E-state index contributed by atoms with van der Waals surface area (Å²) in [5.41, 5.74) is 5.79. The van der Waals surface area contributed by atoms with Crippen molar-refractivity contribution in [3.05, 3.63) is 286 Å². The predicted octanol–water partition coefficient (Wildman–Crippen LogP) is 25.3. The Morgan fingerprint density at radius 3 is 1.31 bits per heavy atom. The van der Waals surface area contributed by atoms with Crippen LogP contribution in [-0.4, -0.2) is 84.9 Å². The van der Waals surface area contributed by atoms with Crippen LogP contribution >= 0.6 is 109 Å². The van der Waals surface area contributed by atoms with Crippen LogP contribution in [-0.2, 0) is 61.1 Å². The van der Waals surface area contributed by atoms with E-state index in [1.54, 1.807) is 39.8 Å². The van der Waals surface area contributed by atoms with E-state index < -0.39 is 103 Å². The lowest BCUT2D eigenvalue weighted by molar-refractivity contribution is -0.563. The summed E-state index contributed by atoms with van der Waals surface area (Å²) in [6.07, 6.45) is 12.5. The third kappa shape index (κ3) is 27.9. The minimum atomic E-state index is -1.97. The number of Topliss-reactive ketones (excluding diaryl/α,β-unsaturated/α-hetero) is 6. The zero-order valence-corrected chi connectivity index (χ0v) is 79.2. The maximum atomic E-state index is 14.4. The number of nitrogens with zero attached hydrogens (tertiary/aromatic N) is 1. The highest BCUT2D eigenvalue weighted by molar-refractivity contribution is 9.10.